The number of hydrogen-bond acceptors (Lipinski definition) is 6. The van der Waals surface area contributed by atoms with Crippen LogP contribution in [0.5, 0.6) is 5.88 Å². The molecule has 3 heterocycles. The van der Waals surface area contributed by atoms with Gasteiger partial charge in [0.05, 0.1) is 24.1 Å². The lowest BCUT2D eigenvalue weighted by Gasteiger charge is -2.33. The molecule has 23 heavy (non-hydrogen) atoms. The highest BCUT2D eigenvalue weighted by atomic mass is 16.5. The number of piperidine rings is 1. The van der Waals surface area contributed by atoms with E-state index in [0.29, 0.717) is 24.9 Å². The highest BCUT2D eigenvalue weighted by Crippen LogP contribution is 2.35. The van der Waals surface area contributed by atoms with Gasteiger partial charge in [0.1, 0.15) is 18.1 Å². The Labute approximate surface area is 136 Å². The van der Waals surface area contributed by atoms with Crippen LogP contribution in [0.25, 0.3) is 0 Å². The van der Waals surface area contributed by atoms with Gasteiger partial charge in [-0.25, -0.2) is 9.98 Å². The Hall–Kier alpha value is -2.50. The molecule has 0 radical (unpaired) electrons. The minimum absolute atomic E-state index is 0.344. The third-order valence-electron chi connectivity index (χ3n) is 4.25. The summed E-state index contributed by atoms with van der Waals surface area (Å²) >= 11 is 0. The van der Waals surface area contributed by atoms with Gasteiger partial charge in [-0.3, -0.25) is 0 Å². The van der Waals surface area contributed by atoms with Crippen LogP contribution in [-0.4, -0.2) is 36.9 Å². The summed E-state index contributed by atoms with van der Waals surface area (Å²) < 4.78 is 5.60. The summed E-state index contributed by atoms with van der Waals surface area (Å²) in [5, 5.41) is 3.38. The van der Waals surface area contributed by atoms with Gasteiger partial charge in [-0.1, -0.05) is 12.7 Å². The quantitative estimate of drug-likeness (QED) is 0.875. The molecule has 0 aromatic carbocycles. The third kappa shape index (κ3) is 3.02. The molecular formula is C17H23N5O. The van der Waals surface area contributed by atoms with E-state index < -0.39 is 0 Å². The summed E-state index contributed by atoms with van der Waals surface area (Å²) in [6, 6.07) is 0. The van der Waals surface area contributed by atoms with E-state index in [9.17, 15) is 0 Å². The average molecular weight is 313 g/mol. The highest BCUT2D eigenvalue weighted by molar-refractivity contribution is 6.04. The molecule has 122 valence electrons. The van der Waals surface area contributed by atoms with Crippen molar-refractivity contribution in [2.75, 3.05) is 36.5 Å². The molecule has 3 N–H and O–H groups in total. The first-order valence-electron chi connectivity index (χ1n) is 7.89. The van der Waals surface area contributed by atoms with Gasteiger partial charge in [0.2, 0.25) is 5.88 Å². The molecule has 0 aliphatic carbocycles. The third-order valence-corrected chi connectivity index (χ3v) is 4.25. The van der Waals surface area contributed by atoms with Crippen molar-refractivity contribution < 1.29 is 4.74 Å². The van der Waals surface area contributed by atoms with E-state index in [2.05, 4.69) is 39.8 Å². The number of aliphatic imine (C=N–C) groups is 1. The summed E-state index contributed by atoms with van der Waals surface area (Å²) in [4.78, 5) is 11.2. The fourth-order valence-electron chi connectivity index (χ4n) is 3.09. The molecule has 0 bridgehead atoms. The van der Waals surface area contributed by atoms with Gasteiger partial charge in [0, 0.05) is 18.7 Å². The Bertz CT molecular complexity index is 692. The van der Waals surface area contributed by atoms with Gasteiger partial charge >= 0.3 is 0 Å². The van der Waals surface area contributed by atoms with E-state index in [1.54, 1.807) is 0 Å². The minimum atomic E-state index is 0.344. The number of fused-ring (bicyclic) bond motifs is 1. The summed E-state index contributed by atoms with van der Waals surface area (Å²) in [6.07, 6.45) is 4.92. The van der Waals surface area contributed by atoms with Crippen LogP contribution in [0.2, 0.25) is 0 Å². The predicted molar refractivity (Wildman–Crippen MR) is 94.3 cm³/mol. The SMILES string of the molecule is C=C(N)/N=C1/CN(c2cnc3c(c2C)NCCO3)CC/C1=C/C. The second-order valence-corrected chi connectivity index (χ2v) is 5.76. The zero-order valence-corrected chi connectivity index (χ0v) is 13.7. The van der Waals surface area contributed by atoms with Crippen molar-refractivity contribution in [2.45, 2.75) is 20.3 Å². The van der Waals surface area contributed by atoms with Gasteiger partial charge < -0.3 is 20.7 Å². The van der Waals surface area contributed by atoms with Crippen molar-refractivity contribution in [3.8, 4) is 5.88 Å². The lowest BCUT2D eigenvalue weighted by molar-refractivity contribution is 0.310. The molecule has 1 aromatic heterocycles. The Balaban J connectivity index is 1.92. The number of rotatable bonds is 2. The fourth-order valence-corrected chi connectivity index (χ4v) is 3.09. The second-order valence-electron chi connectivity index (χ2n) is 5.76. The standard InChI is InChI=1S/C17H23N5O/c1-4-13-5-7-22(10-14(13)21-12(3)18)15-9-20-17-16(11(15)2)19-6-8-23-17/h4,9,19H,3,5-8,10,18H2,1-2H3/b13-4-,21-14-. The monoisotopic (exact) mass is 313 g/mol. The van der Waals surface area contributed by atoms with Crippen LogP contribution < -0.4 is 20.7 Å². The van der Waals surface area contributed by atoms with Crippen molar-refractivity contribution in [1.82, 2.24) is 4.98 Å². The van der Waals surface area contributed by atoms with Gasteiger partial charge in [0.15, 0.2) is 0 Å². The van der Waals surface area contributed by atoms with Crippen LogP contribution in [0.15, 0.2) is 35.2 Å². The first-order chi connectivity index (χ1) is 11.1. The number of pyridine rings is 1. The molecule has 6 nitrogen and oxygen atoms in total. The number of nitrogens with zero attached hydrogens (tertiary/aromatic N) is 3. The molecular weight excluding hydrogens is 290 g/mol. The van der Waals surface area contributed by atoms with Gasteiger partial charge in [-0.05, 0) is 25.8 Å². The molecule has 1 aromatic rings. The van der Waals surface area contributed by atoms with E-state index in [-0.39, 0.29) is 0 Å². The largest absolute Gasteiger partial charge is 0.474 e. The van der Waals surface area contributed by atoms with Crippen molar-refractivity contribution in [3.63, 3.8) is 0 Å². The van der Waals surface area contributed by atoms with Crippen LogP contribution in [0.3, 0.4) is 0 Å². The number of anilines is 2. The lowest BCUT2D eigenvalue weighted by Crippen LogP contribution is -2.38. The second kappa shape index (κ2) is 6.32. The first kappa shape index (κ1) is 15.4. The molecule has 1 fully saturated rings. The smallest absolute Gasteiger partial charge is 0.237 e. The molecule has 6 heteroatoms. The van der Waals surface area contributed by atoms with Gasteiger partial charge in [0.25, 0.3) is 0 Å². The molecule has 0 atom stereocenters. The molecule has 2 aliphatic rings. The Kier molecular flexibility index (Phi) is 4.23. The van der Waals surface area contributed by atoms with Crippen LogP contribution in [0.1, 0.15) is 18.9 Å². The number of ether oxygens (including phenoxy) is 1. The lowest BCUT2D eigenvalue weighted by atomic mass is 10.00. The first-order valence-corrected chi connectivity index (χ1v) is 7.89. The summed E-state index contributed by atoms with van der Waals surface area (Å²) in [5.41, 5.74) is 11.1. The van der Waals surface area contributed by atoms with E-state index in [1.807, 2.05) is 13.1 Å². The summed E-state index contributed by atoms with van der Waals surface area (Å²) in [5.74, 6) is 1.03. The van der Waals surface area contributed by atoms with E-state index in [4.69, 9.17) is 10.5 Å². The number of allylic oxidation sites excluding steroid dienone is 1. The zero-order valence-electron chi connectivity index (χ0n) is 13.7. The summed E-state index contributed by atoms with van der Waals surface area (Å²) in [7, 11) is 0. The molecule has 0 amide bonds. The normalized spacial score (nSPS) is 20.9. The molecule has 0 saturated carbocycles. The van der Waals surface area contributed by atoms with Gasteiger partial charge in [-0.15, -0.1) is 0 Å². The van der Waals surface area contributed by atoms with Crippen molar-refractivity contribution in [3.05, 3.63) is 35.8 Å². The van der Waals surface area contributed by atoms with Crippen LogP contribution in [0.4, 0.5) is 11.4 Å². The fraction of sp³-hybridized carbons (Fsp3) is 0.412. The maximum Gasteiger partial charge on any atom is 0.237 e. The number of nitrogens with two attached hydrogens (primary N) is 1. The maximum absolute atomic E-state index is 5.68. The highest BCUT2D eigenvalue weighted by Gasteiger charge is 2.24. The average Bonchev–Trinajstić information content (AvgIpc) is 2.55. The Morgan fingerprint density at radius 1 is 1.57 bits per heavy atom. The van der Waals surface area contributed by atoms with E-state index in [0.717, 1.165) is 42.2 Å². The molecule has 3 rings (SSSR count). The topological polar surface area (TPSA) is 75.8 Å². The van der Waals surface area contributed by atoms with E-state index in [1.165, 1.54) is 5.57 Å². The Morgan fingerprint density at radius 3 is 3.13 bits per heavy atom. The number of aromatic nitrogens is 1. The van der Waals surface area contributed by atoms with Crippen molar-refractivity contribution >= 4 is 17.1 Å². The molecule has 0 spiro atoms. The Morgan fingerprint density at radius 2 is 2.39 bits per heavy atom. The maximum atomic E-state index is 5.68. The molecule has 2 aliphatic heterocycles. The van der Waals surface area contributed by atoms with Crippen LogP contribution in [-0.2, 0) is 0 Å². The number of hydrogen-bond donors (Lipinski definition) is 2. The van der Waals surface area contributed by atoms with Crippen LogP contribution >= 0.6 is 0 Å². The molecule has 1 saturated heterocycles. The van der Waals surface area contributed by atoms with Gasteiger partial charge in [-0.2, -0.15) is 0 Å². The van der Waals surface area contributed by atoms with E-state index >= 15 is 0 Å². The minimum Gasteiger partial charge on any atom is -0.474 e. The summed E-state index contributed by atoms with van der Waals surface area (Å²) in [6.45, 7) is 10.9. The zero-order chi connectivity index (χ0) is 16.4. The van der Waals surface area contributed by atoms with Crippen molar-refractivity contribution in [2.24, 2.45) is 10.7 Å². The predicted octanol–water partition coefficient (Wildman–Crippen LogP) is 2.22. The van der Waals surface area contributed by atoms with Crippen molar-refractivity contribution in [1.29, 1.82) is 0 Å². The van der Waals surface area contributed by atoms with Crippen LogP contribution in [0, 0.1) is 6.92 Å². The number of nitrogens with one attached hydrogen (secondary N) is 1. The molecule has 0 unspecified atom stereocenters.